The van der Waals surface area contributed by atoms with E-state index in [0.29, 0.717) is 63.2 Å². The quantitative estimate of drug-likeness (QED) is 0.0617. The molecule has 3 aromatic carbocycles. The predicted octanol–water partition coefficient (Wildman–Crippen LogP) is 4.39. The third-order valence-corrected chi connectivity index (χ3v) is 9.22. The molecule has 0 amide bonds. The summed E-state index contributed by atoms with van der Waals surface area (Å²) in [5, 5.41) is 28.2. The van der Waals surface area contributed by atoms with E-state index in [9.17, 15) is 24.6 Å². The Kier molecular flexibility index (Phi) is 15.3. The van der Waals surface area contributed by atoms with E-state index in [1.165, 1.54) is 0 Å². The normalized spacial score (nSPS) is 15.7. The summed E-state index contributed by atoms with van der Waals surface area (Å²) in [6, 6.07) is 24.6. The molecule has 1 atom stereocenters. The monoisotopic (exact) mass is 772 g/mol. The van der Waals surface area contributed by atoms with E-state index in [0.717, 1.165) is 39.0 Å². The van der Waals surface area contributed by atoms with Crippen LogP contribution >= 0.6 is 12.2 Å². The molecule has 4 N–H and O–H groups in total. The summed E-state index contributed by atoms with van der Waals surface area (Å²) in [7, 11) is 1.98. The molecule has 1 aliphatic rings. The second kappa shape index (κ2) is 20.5. The average molecular weight is 773 g/mol. The van der Waals surface area contributed by atoms with Crippen LogP contribution in [0.3, 0.4) is 0 Å². The molecular weight excluding hydrogens is 725 g/mol. The highest BCUT2D eigenvalue weighted by atomic mass is 32.1. The maximum atomic E-state index is 12.1. The second-order valence-electron chi connectivity index (χ2n) is 13.5. The molecule has 55 heavy (non-hydrogen) atoms. The molecule has 0 saturated heterocycles. The lowest BCUT2D eigenvalue weighted by Gasteiger charge is -2.35. The van der Waals surface area contributed by atoms with Crippen LogP contribution in [0.2, 0.25) is 0 Å². The number of aromatic nitrogens is 1. The molecule has 0 fully saturated rings. The van der Waals surface area contributed by atoms with Crippen molar-refractivity contribution < 1.29 is 38.8 Å². The first kappa shape index (κ1) is 41.0. The number of anilines is 1. The van der Waals surface area contributed by atoms with Crippen molar-refractivity contribution in [3.63, 3.8) is 0 Å². The number of nitrogens with zero attached hydrogens (tertiary/aromatic N) is 4. The molecule has 5 rings (SSSR count). The van der Waals surface area contributed by atoms with Gasteiger partial charge in [0.1, 0.15) is 12.4 Å². The van der Waals surface area contributed by atoms with Gasteiger partial charge in [-0.3, -0.25) is 29.3 Å². The lowest BCUT2D eigenvalue weighted by molar-refractivity contribution is -0.141. The lowest BCUT2D eigenvalue weighted by Crippen LogP contribution is -2.49. The number of carboxylic acid groups (broad SMARTS) is 2. The van der Waals surface area contributed by atoms with E-state index >= 15 is 0 Å². The molecule has 0 spiro atoms. The second-order valence-corrected chi connectivity index (χ2v) is 14.0. The molecule has 15 heteroatoms. The maximum Gasteiger partial charge on any atom is 0.513 e. The van der Waals surface area contributed by atoms with Crippen LogP contribution in [0.5, 0.6) is 5.75 Å². The minimum Gasteiger partial charge on any atom is -0.480 e. The van der Waals surface area contributed by atoms with Gasteiger partial charge in [-0.1, -0.05) is 48.0 Å². The summed E-state index contributed by atoms with van der Waals surface area (Å²) in [6.45, 7) is 5.04. The van der Waals surface area contributed by atoms with Gasteiger partial charge in [-0.25, -0.2) is 4.79 Å². The van der Waals surface area contributed by atoms with Crippen LogP contribution in [-0.2, 0) is 38.6 Å². The summed E-state index contributed by atoms with van der Waals surface area (Å²) >= 11 is 5.45. The zero-order valence-corrected chi connectivity index (χ0v) is 31.9. The number of carboxylic acids is 2. The molecular formula is C40H48N6O8S. The third-order valence-electron chi connectivity index (χ3n) is 8.97. The van der Waals surface area contributed by atoms with E-state index < -0.39 is 18.1 Å². The number of ether oxygens (including phenoxy) is 3. The van der Waals surface area contributed by atoms with Crippen molar-refractivity contribution in [1.29, 1.82) is 0 Å². The molecule has 1 unspecified atom stereocenters. The maximum absolute atomic E-state index is 12.1. The van der Waals surface area contributed by atoms with Gasteiger partial charge in [0, 0.05) is 51.0 Å². The van der Waals surface area contributed by atoms with Gasteiger partial charge in [0.2, 0.25) is 0 Å². The Labute approximate surface area is 326 Å². The smallest absolute Gasteiger partial charge is 0.480 e. The summed E-state index contributed by atoms with van der Waals surface area (Å²) in [5.41, 5.74) is 4.50. The van der Waals surface area contributed by atoms with Crippen molar-refractivity contribution in [2.45, 2.75) is 32.5 Å². The Morgan fingerprint density at radius 1 is 0.873 bits per heavy atom. The topological polar surface area (TPSA) is 166 Å². The number of rotatable bonds is 14. The molecule has 4 aromatic rings. The van der Waals surface area contributed by atoms with Crippen LogP contribution in [0.25, 0.3) is 10.8 Å². The molecule has 1 aliphatic heterocycles. The Morgan fingerprint density at radius 3 is 2.36 bits per heavy atom. The molecule has 292 valence electrons. The van der Waals surface area contributed by atoms with Gasteiger partial charge < -0.3 is 35.1 Å². The van der Waals surface area contributed by atoms with Crippen molar-refractivity contribution in [1.82, 2.24) is 25.0 Å². The van der Waals surface area contributed by atoms with Crippen LogP contribution in [-0.4, -0.2) is 125 Å². The Hall–Kier alpha value is -5.19. The number of fused-ring (bicyclic) bond motifs is 3. The number of pyridine rings is 1. The standard InChI is InChI=1S/C40H48N6O8S/c1-28-6-9-31-22-36(13-10-30(31)20-28)54-40(51)53-19-18-52-17-14-41-39(55)43-32-11-7-29(8-12-32)21-35-25-45(26-37(47)48)16-15-44(2)23-33-4-3-5-34(42-33)24-46(35)27-38(49)50/h3-13,20,22,35H,14-19,21,23-27H2,1-2H3,(H,47,48)(H,49,50)(H2,41,43,55). The molecule has 14 nitrogen and oxygen atoms in total. The molecule has 0 saturated carbocycles. The van der Waals surface area contributed by atoms with Crippen molar-refractivity contribution >= 4 is 51.9 Å². The van der Waals surface area contributed by atoms with Gasteiger partial charge in [0.25, 0.3) is 0 Å². The fourth-order valence-electron chi connectivity index (χ4n) is 6.33. The number of aliphatic carboxylic acids is 2. The number of carbonyl (C=O) groups excluding carboxylic acids is 1. The van der Waals surface area contributed by atoms with E-state index in [1.54, 1.807) is 12.1 Å². The molecule has 1 aromatic heterocycles. The van der Waals surface area contributed by atoms with Crippen molar-refractivity contribution in [3.05, 3.63) is 101 Å². The van der Waals surface area contributed by atoms with Crippen molar-refractivity contribution in [3.8, 4) is 5.75 Å². The van der Waals surface area contributed by atoms with Crippen LogP contribution in [0, 0.1) is 6.92 Å². The molecule has 0 aliphatic carbocycles. The van der Waals surface area contributed by atoms with Crippen LogP contribution in [0.15, 0.2) is 78.9 Å². The highest BCUT2D eigenvalue weighted by Crippen LogP contribution is 2.22. The van der Waals surface area contributed by atoms with E-state index in [4.69, 9.17) is 31.4 Å². The van der Waals surface area contributed by atoms with Gasteiger partial charge in [-0.05, 0) is 85.3 Å². The van der Waals surface area contributed by atoms with Crippen molar-refractivity contribution in [2.24, 2.45) is 0 Å². The number of hydrogen-bond acceptors (Lipinski definition) is 11. The summed E-state index contributed by atoms with van der Waals surface area (Å²) in [5.74, 6) is -1.50. The SMILES string of the molecule is Cc1ccc2cc(OC(=O)OCCOCCNC(=S)Nc3ccc(CC4CN(CC(=O)O)CCN(C)Cc5cccc(n5)CN4CC(=O)O)cc3)ccc2c1. The fraction of sp³-hybridized carbons (Fsp3) is 0.375. The first-order valence-corrected chi connectivity index (χ1v) is 18.5. The van der Waals surface area contributed by atoms with Gasteiger partial charge in [-0.2, -0.15) is 0 Å². The van der Waals surface area contributed by atoms with Crippen molar-refractivity contribution in [2.75, 3.05) is 71.5 Å². The third kappa shape index (κ3) is 13.9. The minimum atomic E-state index is -0.968. The number of hydrogen-bond donors (Lipinski definition) is 4. The van der Waals surface area contributed by atoms with E-state index in [1.807, 2.05) is 84.4 Å². The van der Waals surface area contributed by atoms with E-state index in [2.05, 4.69) is 21.6 Å². The minimum absolute atomic E-state index is 0.0363. The molecule has 0 radical (unpaired) electrons. The van der Waals surface area contributed by atoms with Crippen LogP contribution in [0.4, 0.5) is 10.5 Å². The Morgan fingerprint density at radius 2 is 1.60 bits per heavy atom. The zero-order valence-electron chi connectivity index (χ0n) is 31.1. The number of aryl methyl sites for hydroxylation is 1. The van der Waals surface area contributed by atoms with Gasteiger partial charge in [0.15, 0.2) is 5.11 Å². The van der Waals surface area contributed by atoms with Crippen LogP contribution in [0.1, 0.15) is 22.5 Å². The highest BCUT2D eigenvalue weighted by molar-refractivity contribution is 7.80. The zero-order chi connectivity index (χ0) is 39.2. The number of carbonyl (C=O) groups is 3. The number of nitrogens with one attached hydrogen (secondary N) is 2. The van der Waals surface area contributed by atoms with Gasteiger partial charge in [-0.15, -0.1) is 0 Å². The molecule has 2 heterocycles. The summed E-state index contributed by atoms with van der Waals surface area (Å²) < 4.78 is 16.0. The van der Waals surface area contributed by atoms with E-state index in [-0.39, 0.29) is 32.3 Å². The average Bonchev–Trinajstić information content (AvgIpc) is 3.13. The molecule has 2 bridgehead atoms. The van der Waals surface area contributed by atoms with Gasteiger partial charge >= 0.3 is 18.1 Å². The predicted molar refractivity (Wildman–Crippen MR) is 212 cm³/mol. The largest absolute Gasteiger partial charge is 0.513 e. The summed E-state index contributed by atoms with van der Waals surface area (Å²) in [6.07, 6.45) is -0.312. The first-order chi connectivity index (χ1) is 26.5. The van der Waals surface area contributed by atoms with Gasteiger partial charge in [0.05, 0.1) is 37.7 Å². The van der Waals surface area contributed by atoms with Crippen LogP contribution < -0.4 is 15.4 Å². The Balaban J connectivity index is 1.08. The fourth-order valence-corrected chi connectivity index (χ4v) is 6.55. The number of benzene rings is 3. The Bertz CT molecular complexity index is 1930. The number of thiocarbonyl (C=S) groups is 1. The number of likely N-dealkylation sites (N-methyl/N-ethyl adjacent to an activating group) is 1. The lowest BCUT2D eigenvalue weighted by atomic mass is 10.0. The summed E-state index contributed by atoms with van der Waals surface area (Å²) in [4.78, 5) is 46.6. The highest BCUT2D eigenvalue weighted by Gasteiger charge is 2.26. The first-order valence-electron chi connectivity index (χ1n) is 18.1.